The van der Waals surface area contributed by atoms with Gasteiger partial charge in [-0.1, -0.05) is 30.3 Å². The topological polar surface area (TPSA) is 52.3 Å². The first-order chi connectivity index (χ1) is 6.33. The van der Waals surface area contributed by atoms with E-state index in [0.717, 1.165) is 17.6 Å². The molecule has 3 nitrogen and oxygen atoms in total. The summed E-state index contributed by atoms with van der Waals surface area (Å²) < 4.78 is 4.75. The van der Waals surface area contributed by atoms with Crippen molar-refractivity contribution in [2.75, 3.05) is 6.54 Å². The molecule has 0 radical (unpaired) electrons. The molecule has 14 heavy (non-hydrogen) atoms. The SMILES string of the molecule is Cl.NCC(=O)OSCc1ccccc1. The largest absolute Gasteiger partial charge is 0.390 e. The fourth-order valence-electron chi connectivity index (χ4n) is 0.771. The van der Waals surface area contributed by atoms with Crippen LogP contribution in [0.25, 0.3) is 0 Å². The zero-order valence-corrected chi connectivity index (χ0v) is 9.14. The lowest BCUT2D eigenvalue weighted by Crippen LogP contribution is -2.13. The summed E-state index contributed by atoms with van der Waals surface area (Å²) in [6.07, 6.45) is 0. The normalized spacial score (nSPS) is 8.93. The zero-order valence-electron chi connectivity index (χ0n) is 7.51. The number of rotatable bonds is 4. The average molecular weight is 234 g/mol. The summed E-state index contributed by atoms with van der Waals surface area (Å²) in [6.45, 7) is -0.0677. The van der Waals surface area contributed by atoms with Crippen molar-refractivity contribution in [1.82, 2.24) is 0 Å². The van der Waals surface area contributed by atoms with E-state index < -0.39 is 0 Å². The van der Waals surface area contributed by atoms with Crippen LogP contribution < -0.4 is 5.73 Å². The van der Waals surface area contributed by atoms with Crippen molar-refractivity contribution in [3.8, 4) is 0 Å². The molecule has 2 N–H and O–H groups in total. The standard InChI is InChI=1S/C9H11NO2S.ClH/c10-6-9(11)12-13-7-8-4-2-1-3-5-8;/h1-5H,6-7,10H2;1H. The van der Waals surface area contributed by atoms with Gasteiger partial charge in [0, 0.05) is 0 Å². The number of benzene rings is 1. The minimum atomic E-state index is -0.388. The molecule has 0 spiro atoms. The maximum Gasteiger partial charge on any atom is 0.331 e. The lowest BCUT2D eigenvalue weighted by atomic mass is 10.2. The zero-order chi connectivity index (χ0) is 9.52. The number of hydrogen-bond acceptors (Lipinski definition) is 4. The highest BCUT2D eigenvalue weighted by Gasteiger charge is 1.99. The molecule has 0 amide bonds. The molecule has 0 unspecified atom stereocenters. The van der Waals surface area contributed by atoms with E-state index in [1.807, 2.05) is 30.3 Å². The van der Waals surface area contributed by atoms with Crippen LogP contribution in [0.1, 0.15) is 5.56 Å². The highest BCUT2D eigenvalue weighted by Crippen LogP contribution is 2.12. The Bertz CT molecular complexity index is 269. The van der Waals surface area contributed by atoms with E-state index >= 15 is 0 Å². The predicted octanol–water partition coefficient (Wildman–Crippen LogP) is 1.76. The third kappa shape index (κ3) is 5.11. The van der Waals surface area contributed by atoms with E-state index in [1.165, 1.54) is 0 Å². The van der Waals surface area contributed by atoms with Gasteiger partial charge >= 0.3 is 5.97 Å². The van der Waals surface area contributed by atoms with Crippen molar-refractivity contribution in [3.63, 3.8) is 0 Å². The fourth-order valence-corrected chi connectivity index (χ4v) is 1.36. The Morgan fingerprint density at radius 3 is 2.57 bits per heavy atom. The molecule has 0 aliphatic rings. The number of halogens is 1. The van der Waals surface area contributed by atoms with Gasteiger partial charge in [-0.15, -0.1) is 12.4 Å². The van der Waals surface area contributed by atoms with Gasteiger partial charge in [-0.05, 0) is 5.56 Å². The second-order valence-corrected chi connectivity index (χ2v) is 3.10. The summed E-state index contributed by atoms with van der Waals surface area (Å²) in [5, 5.41) is 0. The van der Waals surface area contributed by atoms with Crippen LogP contribution in [0.2, 0.25) is 0 Å². The molecule has 0 fully saturated rings. The van der Waals surface area contributed by atoms with Gasteiger partial charge in [0.2, 0.25) is 0 Å². The predicted molar refractivity (Wildman–Crippen MR) is 60.1 cm³/mol. The molecule has 0 aliphatic carbocycles. The number of carbonyl (C=O) groups excluding carboxylic acids is 1. The minimum absolute atomic E-state index is 0. The van der Waals surface area contributed by atoms with E-state index in [-0.39, 0.29) is 24.9 Å². The van der Waals surface area contributed by atoms with Crippen LogP contribution in [0.4, 0.5) is 0 Å². The molecule has 0 saturated heterocycles. The third-order valence-electron chi connectivity index (χ3n) is 1.39. The lowest BCUT2D eigenvalue weighted by Gasteiger charge is -2.00. The maximum absolute atomic E-state index is 10.6. The molecule has 5 heteroatoms. The van der Waals surface area contributed by atoms with Gasteiger partial charge in [0.05, 0.1) is 24.3 Å². The van der Waals surface area contributed by atoms with Crippen LogP contribution in [-0.2, 0) is 14.7 Å². The highest BCUT2D eigenvalue weighted by molar-refractivity contribution is 7.94. The van der Waals surface area contributed by atoms with Crippen LogP contribution in [0, 0.1) is 0 Å². The van der Waals surface area contributed by atoms with Gasteiger partial charge in [0.1, 0.15) is 0 Å². The Balaban J connectivity index is 0.00000169. The summed E-state index contributed by atoms with van der Waals surface area (Å²) in [5.41, 5.74) is 6.19. The first-order valence-electron chi connectivity index (χ1n) is 3.89. The molecular weight excluding hydrogens is 222 g/mol. The Morgan fingerprint density at radius 2 is 2.00 bits per heavy atom. The molecular formula is C9H12ClNO2S. The van der Waals surface area contributed by atoms with Gasteiger partial charge in [0.15, 0.2) is 0 Å². The molecule has 78 valence electrons. The van der Waals surface area contributed by atoms with Crippen molar-refractivity contribution in [2.45, 2.75) is 5.75 Å². The molecule has 0 atom stereocenters. The first-order valence-corrected chi connectivity index (χ1v) is 4.80. The lowest BCUT2D eigenvalue weighted by molar-refractivity contribution is -0.131. The van der Waals surface area contributed by atoms with Crippen LogP contribution in [-0.4, -0.2) is 12.5 Å². The van der Waals surface area contributed by atoms with Gasteiger partial charge in [-0.25, -0.2) is 4.79 Å². The summed E-state index contributed by atoms with van der Waals surface area (Å²) in [6, 6.07) is 9.79. The van der Waals surface area contributed by atoms with Crippen molar-refractivity contribution >= 4 is 30.4 Å². The Labute approximate surface area is 93.6 Å². The number of carbonyl (C=O) groups is 1. The summed E-state index contributed by atoms with van der Waals surface area (Å²) in [4.78, 5) is 10.6. The summed E-state index contributed by atoms with van der Waals surface area (Å²) in [7, 11) is 0. The number of hydrogen-bond donors (Lipinski definition) is 1. The van der Waals surface area contributed by atoms with Crippen molar-refractivity contribution in [2.24, 2.45) is 5.73 Å². The van der Waals surface area contributed by atoms with Gasteiger partial charge in [-0.3, -0.25) is 0 Å². The second kappa shape index (κ2) is 7.67. The molecule has 0 aromatic heterocycles. The molecule has 1 aromatic rings. The van der Waals surface area contributed by atoms with E-state index in [4.69, 9.17) is 9.92 Å². The fraction of sp³-hybridized carbons (Fsp3) is 0.222. The summed E-state index contributed by atoms with van der Waals surface area (Å²) in [5.74, 6) is 0.271. The molecule has 0 bridgehead atoms. The van der Waals surface area contributed by atoms with Crippen molar-refractivity contribution in [1.29, 1.82) is 0 Å². The van der Waals surface area contributed by atoms with E-state index in [2.05, 4.69) is 0 Å². The smallest absolute Gasteiger partial charge is 0.331 e. The van der Waals surface area contributed by atoms with Crippen molar-refractivity contribution < 1.29 is 8.98 Å². The van der Waals surface area contributed by atoms with Crippen LogP contribution in [0.3, 0.4) is 0 Å². The Hall–Kier alpha value is -0.710. The second-order valence-electron chi connectivity index (χ2n) is 2.41. The quantitative estimate of drug-likeness (QED) is 0.806. The Kier molecular flexibility index (Phi) is 7.28. The molecule has 0 heterocycles. The van der Waals surface area contributed by atoms with Gasteiger partial charge in [0.25, 0.3) is 0 Å². The molecule has 0 aliphatic heterocycles. The van der Waals surface area contributed by atoms with E-state index in [9.17, 15) is 4.79 Å². The molecule has 1 aromatic carbocycles. The maximum atomic E-state index is 10.6. The third-order valence-corrected chi connectivity index (χ3v) is 2.14. The van der Waals surface area contributed by atoms with Crippen LogP contribution >= 0.6 is 24.4 Å². The number of nitrogens with two attached hydrogens (primary N) is 1. The monoisotopic (exact) mass is 233 g/mol. The van der Waals surface area contributed by atoms with E-state index in [0.29, 0.717) is 5.75 Å². The minimum Gasteiger partial charge on any atom is -0.390 e. The van der Waals surface area contributed by atoms with Crippen LogP contribution in [0.5, 0.6) is 0 Å². The van der Waals surface area contributed by atoms with E-state index in [1.54, 1.807) is 0 Å². The molecule has 0 saturated carbocycles. The van der Waals surface area contributed by atoms with Gasteiger partial charge in [-0.2, -0.15) is 0 Å². The van der Waals surface area contributed by atoms with Gasteiger partial charge < -0.3 is 9.92 Å². The van der Waals surface area contributed by atoms with Crippen LogP contribution in [0.15, 0.2) is 30.3 Å². The highest BCUT2D eigenvalue weighted by atomic mass is 35.5. The Morgan fingerprint density at radius 1 is 1.36 bits per heavy atom. The molecule has 1 rings (SSSR count). The average Bonchev–Trinajstić information content (AvgIpc) is 2.19. The first kappa shape index (κ1) is 13.3. The van der Waals surface area contributed by atoms with Crippen molar-refractivity contribution in [3.05, 3.63) is 35.9 Å². The summed E-state index contributed by atoms with van der Waals surface area (Å²) >= 11 is 1.11.